The van der Waals surface area contributed by atoms with Crippen LogP contribution in [0.25, 0.3) is 229 Å². The van der Waals surface area contributed by atoms with Crippen LogP contribution in [0, 0.1) is 0 Å². The van der Waals surface area contributed by atoms with Gasteiger partial charge in [0.2, 0.25) is 0 Å². The van der Waals surface area contributed by atoms with Crippen LogP contribution in [0.4, 0.5) is 34.1 Å². The summed E-state index contributed by atoms with van der Waals surface area (Å²) in [4.78, 5) is 4.68. The number of hydrogen-bond donors (Lipinski definition) is 0. The molecule has 0 radical (unpaired) electrons. The van der Waals surface area contributed by atoms with Gasteiger partial charge in [-0.05, 0) is 415 Å². The second-order valence-corrected chi connectivity index (χ2v) is 41.0. The molecule has 684 valence electrons. The first-order valence-electron chi connectivity index (χ1n) is 51.0. The van der Waals surface area contributed by atoms with Crippen molar-refractivity contribution in [3.05, 3.63) is 532 Å². The molecule has 146 heavy (non-hydrogen) atoms. The topological polar surface area (TPSA) is 16.3 Å². The van der Waals surface area contributed by atoms with Crippen LogP contribution in [0.15, 0.2) is 510 Å². The molecule has 0 fully saturated rings. The van der Waals surface area contributed by atoms with E-state index in [9.17, 15) is 0 Å². The maximum atomic E-state index is 2.55. The van der Waals surface area contributed by atoms with E-state index in [2.05, 4.69) is 556 Å². The number of benzene rings is 26. The van der Waals surface area contributed by atoms with Crippen molar-refractivity contribution in [3.63, 3.8) is 0 Å². The lowest BCUT2D eigenvalue weighted by molar-refractivity contribution is 0.661. The van der Waals surface area contributed by atoms with Gasteiger partial charge < -0.3 is 18.9 Å². The van der Waals surface area contributed by atoms with Gasteiger partial charge in [0.25, 0.3) is 0 Å². The highest BCUT2D eigenvalue weighted by atomic mass is 15.1. The number of rotatable bonds is 12. The van der Waals surface area contributed by atoms with Crippen molar-refractivity contribution in [1.82, 2.24) is 9.13 Å². The maximum Gasteiger partial charge on any atom is 0.0547 e. The van der Waals surface area contributed by atoms with E-state index >= 15 is 0 Å². The lowest BCUT2D eigenvalue weighted by atomic mass is 9.80. The SMILES string of the molecule is CC1(C)c2ccccc2-c2cc3c(-c4ccc(N(c5ccccc5)c5ccccc5)cc4)cc4cc5cc(-c6ccc(N(c7ccccc7)c7ccccc7)cc6)c6cc7c(cc6c5cc4c3cc21)C(C)(C)c1ccccc1-7.c1ccc(-n2c3ccccc3c3cc4c(-c5ccc6ccccc6c5)cc5cc6cc(-c7ccc8ccccc8c7)c7cc8c9ccccc9n(-c9ccccc9)c8cc7c6cc5c4cc32)cc1. The van der Waals surface area contributed by atoms with E-state index in [1.54, 1.807) is 0 Å². The first-order chi connectivity index (χ1) is 71.9. The Hall–Kier alpha value is -18.5. The van der Waals surface area contributed by atoms with Gasteiger partial charge in [-0.1, -0.05) is 319 Å². The minimum absolute atomic E-state index is 0.156. The Bertz CT molecular complexity index is 9610. The Morgan fingerprint density at radius 1 is 0.144 bits per heavy atom. The molecule has 2 aliphatic rings. The van der Waals surface area contributed by atoms with Crippen LogP contribution in [0.1, 0.15) is 49.9 Å². The Labute approximate surface area is 846 Å². The van der Waals surface area contributed by atoms with Crippen LogP contribution in [-0.4, -0.2) is 9.13 Å². The van der Waals surface area contributed by atoms with Crippen LogP contribution >= 0.6 is 0 Å². The van der Waals surface area contributed by atoms with Crippen molar-refractivity contribution in [2.45, 2.75) is 38.5 Å². The lowest BCUT2D eigenvalue weighted by Gasteiger charge is -2.26. The Morgan fingerprint density at radius 3 is 0.795 bits per heavy atom. The van der Waals surface area contributed by atoms with Gasteiger partial charge in [-0.2, -0.15) is 0 Å². The summed E-state index contributed by atoms with van der Waals surface area (Å²) in [6, 6.07) is 190. The molecule has 0 aliphatic heterocycles. The summed E-state index contributed by atoms with van der Waals surface area (Å²) >= 11 is 0. The first-order valence-corrected chi connectivity index (χ1v) is 51.0. The molecule has 4 heteroatoms. The molecule has 0 unspecified atom stereocenters. The molecule has 0 bridgehead atoms. The van der Waals surface area contributed by atoms with Gasteiger partial charge in [0.1, 0.15) is 0 Å². The number of hydrogen-bond acceptors (Lipinski definition) is 2. The zero-order valence-electron chi connectivity index (χ0n) is 81.3. The normalized spacial score (nSPS) is 12.9. The van der Waals surface area contributed by atoms with Crippen LogP contribution in [-0.2, 0) is 10.8 Å². The van der Waals surface area contributed by atoms with Gasteiger partial charge >= 0.3 is 0 Å². The summed E-state index contributed by atoms with van der Waals surface area (Å²) < 4.78 is 4.90. The number of para-hydroxylation sites is 8. The summed E-state index contributed by atoms with van der Waals surface area (Å²) in [6.45, 7) is 9.60. The molecule has 0 saturated heterocycles. The van der Waals surface area contributed by atoms with E-state index in [0.29, 0.717) is 0 Å². The van der Waals surface area contributed by atoms with E-state index in [4.69, 9.17) is 0 Å². The molecule has 0 saturated carbocycles. The van der Waals surface area contributed by atoms with E-state index < -0.39 is 0 Å². The molecule has 30 rings (SSSR count). The molecular formula is C142H96N4. The van der Waals surface area contributed by atoms with Crippen molar-refractivity contribution in [2.24, 2.45) is 0 Å². The average molecular weight is 1860 g/mol. The molecule has 0 atom stereocenters. The maximum absolute atomic E-state index is 2.55. The number of anilines is 6. The van der Waals surface area contributed by atoms with Crippen LogP contribution in [0.3, 0.4) is 0 Å². The second-order valence-electron chi connectivity index (χ2n) is 41.0. The van der Waals surface area contributed by atoms with E-state index in [-0.39, 0.29) is 10.8 Å². The van der Waals surface area contributed by atoms with Crippen LogP contribution < -0.4 is 9.80 Å². The molecule has 4 nitrogen and oxygen atoms in total. The Balaban J connectivity index is 0.000000139. The minimum Gasteiger partial charge on any atom is -0.311 e. The van der Waals surface area contributed by atoms with Crippen LogP contribution in [0.2, 0.25) is 0 Å². The number of fused-ring (bicyclic) bond motifs is 26. The molecule has 2 heterocycles. The van der Waals surface area contributed by atoms with Gasteiger partial charge in [0.15, 0.2) is 0 Å². The Morgan fingerprint density at radius 2 is 0.425 bits per heavy atom. The van der Waals surface area contributed by atoms with Crippen molar-refractivity contribution >= 4 is 185 Å². The fourth-order valence-electron chi connectivity index (χ4n) is 25.1. The van der Waals surface area contributed by atoms with E-state index in [1.165, 1.54) is 240 Å². The zero-order chi connectivity index (χ0) is 96.7. The van der Waals surface area contributed by atoms with Gasteiger partial charge in [-0.3, -0.25) is 0 Å². The highest BCUT2D eigenvalue weighted by Gasteiger charge is 2.39. The highest BCUT2D eigenvalue weighted by Crippen LogP contribution is 2.57. The van der Waals surface area contributed by atoms with E-state index in [0.717, 1.165) is 45.5 Å². The minimum atomic E-state index is -0.156. The third-order valence-electron chi connectivity index (χ3n) is 32.1. The molecule has 0 spiro atoms. The average Bonchev–Trinajstić information content (AvgIpc) is 1.49. The molecular weight excluding hydrogens is 1760 g/mol. The molecule has 0 N–H and O–H groups in total. The summed E-state index contributed by atoms with van der Waals surface area (Å²) in [7, 11) is 0. The van der Waals surface area contributed by atoms with E-state index in [1.807, 2.05) is 0 Å². The standard InChI is InChI=1S/C76H56N2.C66H40N2/c1-75(2)71-31-19-17-29-59(71)69-45-65-61(49-33-37-57(38-34-49)77(53-21-9-5-10-22-53)54-23-11-6-12-24-54)42-51-41-52-43-62(50-35-39-58(40-36-50)78(55-25-13-7-14-26-55)56-27-15-8-16-28-56)66-46-70-60-30-18-20-32-72(60)76(3,4)74(70)48-68(66)64(52)44-63(51)67(65)47-73(69)75;1-3-19-49(20-4-1)67-63-25-13-11-23-51(63)61-37-57-53(45-29-27-41-15-7-9-17-43(41)31-45)34-47-33-48-35-54(46-30-28-42-16-8-10-18-44(42)32-46)58-38-62-52-24-12-14-26-64(52)68(50-21-5-2-6-22-50)66(62)40-60(58)56(48)36-55(47)59(57)39-65(61)67/h5-48H,1-4H3;1-40H. The third kappa shape index (κ3) is 13.4. The second kappa shape index (κ2) is 33.1. The van der Waals surface area contributed by atoms with Crippen molar-refractivity contribution in [1.29, 1.82) is 0 Å². The summed E-state index contributed by atoms with van der Waals surface area (Å²) in [5.74, 6) is 0. The Kier molecular flexibility index (Phi) is 19.1. The fourth-order valence-corrected chi connectivity index (χ4v) is 25.1. The first kappa shape index (κ1) is 84.4. The largest absolute Gasteiger partial charge is 0.311 e. The zero-order valence-corrected chi connectivity index (χ0v) is 81.3. The summed E-state index contributed by atoms with van der Waals surface area (Å²) in [6.07, 6.45) is 0. The van der Waals surface area contributed by atoms with Crippen molar-refractivity contribution in [3.8, 4) is 78.1 Å². The third-order valence-corrected chi connectivity index (χ3v) is 32.1. The predicted molar refractivity (Wildman–Crippen MR) is 623 cm³/mol. The molecule has 28 aromatic rings. The number of aromatic nitrogens is 2. The fraction of sp³-hybridized carbons (Fsp3) is 0.0423. The lowest BCUT2D eigenvalue weighted by Crippen LogP contribution is -2.14. The summed E-state index contributed by atoms with van der Waals surface area (Å²) in [5, 5.41) is 30.0. The highest BCUT2D eigenvalue weighted by molar-refractivity contribution is 6.29. The molecule has 0 amide bonds. The summed E-state index contributed by atoms with van der Waals surface area (Å²) in [5.41, 5.74) is 34.1. The molecule has 2 aromatic heterocycles. The van der Waals surface area contributed by atoms with Gasteiger partial charge in [0.05, 0.1) is 22.1 Å². The molecule has 26 aromatic carbocycles. The van der Waals surface area contributed by atoms with Crippen LogP contribution in [0.5, 0.6) is 0 Å². The number of nitrogens with zero attached hydrogens (tertiary/aromatic N) is 4. The smallest absolute Gasteiger partial charge is 0.0547 e. The monoisotopic (exact) mass is 1860 g/mol. The van der Waals surface area contributed by atoms with Gasteiger partial charge in [-0.25, -0.2) is 0 Å². The predicted octanol–water partition coefficient (Wildman–Crippen LogP) is 39.3. The van der Waals surface area contributed by atoms with Crippen molar-refractivity contribution in [2.75, 3.05) is 9.80 Å². The van der Waals surface area contributed by atoms with Gasteiger partial charge in [-0.15, -0.1) is 0 Å². The quantitative estimate of drug-likeness (QED) is 0.0895. The van der Waals surface area contributed by atoms with Gasteiger partial charge in [0, 0.05) is 77.9 Å². The van der Waals surface area contributed by atoms with Crippen molar-refractivity contribution < 1.29 is 0 Å². The molecule has 2 aliphatic carbocycles.